The van der Waals surface area contributed by atoms with E-state index in [0.717, 1.165) is 29.0 Å². The highest BCUT2D eigenvalue weighted by atomic mass is 35.5. The van der Waals surface area contributed by atoms with Crippen molar-refractivity contribution in [2.75, 3.05) is 6.61 Å². The second-order valence-corrected chi connectivity index (χ2v) is 6.56. The molecular formula is C18H18ClF2N3O. The van der Waals surface area contributed by atoms with E-state index in [2.05, 4.69) is 10.1 Å². The first-order chi connectivity index (χ1) is 11.7. The van der Waals surface area contributed by atoms with Gasteiger partial charge in [-0.2, -0.15) is 5.10 Å². The van der Waals surface area contributed by atoms with Crippen LogP contribution in [0.15, 0.2) is 36.7 Å². The molecule has 0 saturated carbocycles. The molecule has 3 rings (SSSR count). The molecular weight excluding hydrogens is 348 g/mol. The summed E-state index contributed by atoms with van der Waals surface area (Å²) in [5.74, 6) is -2.41. The lowest BCUT2D eigenvalue weighted by Crippen LogP contribution is -2.21. The first-order valence-electron chi connectivity index (χ1n) is 7.85. The Hall–Kier alpha value is -2.21. The minimum Gasteiger partial charge on any atom is -0.487 e. The van der Waals surface area contributed by atoms with Crippen molar-refractivity contribution in [2.24, 2.45) is 0 Å². The lowest BCUT2D eigenvalue weighted by molar-refractivity contribution is -0.0231. The SMILES string of the molecule is Cc1cc(C(C)n2cc3c(Cl)nccc3n2)ccc1OCC(C)(F)F. The fourth-order valence-corrected chi connectivity index (χ4v) is 2.78. The predicted molar refractivity (Wildman–Crippen MR) is 93.6 cm³/mol. The fourth-order valence-electron chi connectivity index (χ4n) is 2.58. The highest BCUT2D eigenvalue weighted by molar-refractivity contribution is 6.34. The van der Waals surface area contributed by atoms with Gasteiger partial charge in [-0.25, -0.2) is 13.8 Å². The molecule has 3 aromatic rings. The van der Waals surface area contributed by atoms with Crippen molar-refractivity contribution in [3.8, 4) is 5.75 Å². The molecule has 0 saturated heterocycles. The van der Waals surface area contributed by atoms with E-state index in [9.17, 15) is 8.78 Å². The van der Waals surface area contributed by atoms with E-state index in [1.807, 2.05) is 36.9 Å². The Balaban J connectivity index is 1.85. The van der Waals surface area contributed by atoms with Gasteiger partial charge < -0.3 is 4.74 Å². The quantitative estimate of drug-likeness (QED) is 0.595. The Morgan fingerprint density at radius 2 is 2.08 bits per heavy atom. The molecule has 0 N–H and O–H groups in total. The molecule has 0 aliphatic carbocycles. The number of nitrogens with zero attached hydrogens (tertiary/aromatic N) is 3. The molecule has 0 aliphatic heterocycles. The molecule has 25 heavy (non-hydrogen) atoms. The van der Waals surface area contributed by atoms with Gasteiger partial charge in [-0.15, -0.1) is 0 Å². The van der Waals surface area contributed by atoms with E-state index in [-0.39, 0.29) is 6.04 Å². The van der Waals surface area contributed by atoms with Crippen molar-refractivity contribution in [3.63, 3.8) is 0 Å². The normalized spacial score (nSPS) is 13.2. The zero-order valence-corrected chi connectivity index (χ0v) is 14.9. The number of ether oxygens (including phenoxy) is 1. The number of aryl methyl sites for hydroxylation is 1. The third-order valence-electron chi connectivity index (χ3n) is 3.96. The average Bonchev–Trinajstić information content (AvgIpc) is 2.97. The third kappa shape index (κ3) is 3.90. The summed E-state index contributed by atoms with van der Waals surface area (Å²) in [6.45, 7) is 4.03. The van der Waals surface area contributed by atoms with Gasteiger partial charge in [0.25, 0.3) is 5.92 Å². The number of rotatable bonds is 5. The smallest absolute Gasteiger partial charge is 0.278 e. The van der Waals surface area contributed by atoms with E-state index in [4.69, 9.17) is 16.3 Å². The van der Waals surface area contributed by atoms with E-state index in [1.54, 1.807) is 18.3 Å². The molecule has 2 heterocycles. The standard InChI is InChI=1S/C18H18ClF2N3O/c1-11-8-13(4-5-16(11)25-10-18(3,20)21)12(2)24-9-14-15(23-24)6-7-22-17(14)19/h4-9,12H,10H2,1-3H3. The number of alkyl halides is 2. The third-order valence-corrected chi connectivity index (χ3v) is 4.26. The van der Waals surface area contributed by atoms with Gasteiger partial charge in [0.05, 0.1) is 16.9 Å². The zero-order chi connectivity index (χ0) is 18.2. The highest BCUT2D eigenvalue weighted by Gasteiger charge is 2.22. The van der Waals surface area contributed by atoms with Crippen LogP contribution in [0.1, 0.15) is 31.0 Å². The number of halogens is 3. The van der Waals surface area contributed by atoms with Crippen LogP contribution in [-0.4, -0.2) is 27.3 Å². The first-order valence-corrected chi connectivity index (χ1v) is 8.23. The molecule has 0 radical (unpaired) electrons. The monoisotopic (exact) mass is 365 g/mol. The van der Waals surface area contributed by atoms with Crippen LogP contribution in [0.5, 0.6) is 5.75 Å². The molecule has 1 unspecified atom stereocenters. The average molecular weight is 366 g/mol. The van der Waals surface area contributed by atoms with Gasteiger partial charge >= 0.3 is 0 Å². The summed E-state index contributed by atoms with van der Waals surface area (Å²) in [6, 6.07) is 7.23. The zero-order valence-electron chi connectivity index (χ0n) is 14.1. The highest BCUT2D eigenvalue weighted by Crippen LogP contribution is 2.28. The minimum absolute atomic E-state index is 0.0520. The van der Waals surface area contributed by atoms with Crippen LogP contribution >= 0.6 is 11.6 Å². The second kappa shape index (κ2) is 6.59. The van der Waals surface area contributed by atoms with Crippen LogP contribution in [0.2, 0.25) is 5.15 Å². The van der Waals surface area contributed by atoms with Crippen LogP contribution in [0, 0.1) is 6.92 Å². The van der Waals surface area contributed by atoms with E-state index in [0.29, 0.717) is 10.9 Å². The van der Waals surface area contributed by atoms with Gasteiger partial charge in [0.2, 0.25) is 0 Å². The van der Waals surface area contributed by atoms with Gasteiger partial charge in [-0.1, -0.05) is 23.7 Å². The summed E-state index contributed by atoms with van der Waals surface area (Å²) in [5.41, 5.74) is 2.56. The molecule has 7 heteroatoms. The lowest BCUT2D eigenvalue weighted by Gasteiger charge is -2.17. The summed E-state index contributed by atoms with van der Waals surface area (Å²) < 4.78 is 32.9. The number of aromatic nitrogens is 3. The van der Waals surface area contributed by atoms with Crippen LogP contribution in [-0.2, 0) is 0 Å². The maximum Gasteiger partial charge on any atom is 0.278 e. The molecule has 0 aliphatic rings. The topological polar surface area (TPSA) is 39.9 Å². The van der Waals surface area contributed by atoms with Crippen LogP contribution in [0.25, 0.3) is 10.9 Å². The molecule has 4 nitrogen and oxygen atoms in total. The molecule has 1 aromatic carbocycles. The van der Waals surface area contributed by atoms with Crippen molar-refractivity contribution in [1.29, 1.82) is 0 Å². The molecule has 0 bridgehead atoms. The van der Waals surface area contributed by atoms with Crippen LogP contribution < -0.4 is 4.74 Å². The minimum atomic E-state index is -2.86. The summed E-state index contributed by atoms with van der Waals surface area (Å²) in [5, 5.41) is 5.74. The number of fused-ring (bicyclic) bond motifs is 1. The van der Waals surface area contributed by atoms with Crippen LogP contribution in [0.3, 0.4) is 0 Å². The van der Waals surface area contributed by atoms with Gasteiger partial charge in [-0.05, 0) is 37.1 Å². The van der Waals surface area contributed by atoms with E-state index in [1.165, 1.54) is 0 Å². The summed E-state index contributed by atoms with van der Waals surface area (Å²) in [6.07, 6.45) is 3.47. The first kappa shape index (κ1) is 17.6. The molecule has 0 fully saturated rings. The van der Waals surface area contributed by atoms with Gasteiger partial charge in [0, 0.05) is 19.3 Å². The Kier molecular flexibility index (Phi) is 4.64. The van der Waals surface area contributed by atoms with Crippen molar-refractivity contribution in [2.45, 2.75) is 32.7 Å². The Morgan fingerprint density at radius 3 is 2.72 bits per heavy atom. The largest absolute Gasteiger partial charge is 0.487 e. The lowest BCUT2D eigenvalue weighted by atomic mass is 10.1. The van der Waals surface area contributed by atoms with E-state index < -0.39 is 12.5 Å². The molecule has 0 amide bonds. The Bertz CT molecular complexity index is 905. The molecule has 1 atom stereocenters. The van der Waals surface area contributed by atoms with Gasteiger partial charge in [-0.3, -0.25) is 4.68 Å². The number of pyridine rings is 1. The summed E-state index contributed by atoms with van der Waals surface area (Å²) >= 11 is 6.10. The second-order valence-electron chi connectivity index (χ2n) is 6.20. The maximum absolute atomic E-state index is 12.9. The number of benzene rings is 1. The Morgan fingerprint density at radius 1 is 1.32 bits per heavy atom. The van der Waals surface area contributed by atoms with Gasteiger partial charge in [0.15, 0.2) is 6.61 Å². The fraction of sp³-hybridized carbons (Fsp3) is 0.333. The molecule has 132 valence electrons. The number of hydrogen-bond donors (Lipinski definition) is 0. The van der Waals surface area contributed by atoms with Crippen molar-refractivity contribution < 1.29 is 13.5 Å². The van der Waals surface area contributed by atoms with E-state index >= 15 is 0 Å². The van der Waals surface area contributed by atoms with Crippen molar-refractivity contribution >= 4 is 22.5 Å². The maximum atomic E-state index is 12.9. The molecule has 0 spiro atoms. The summed E-state index contributed by atoms with van der Waals surface area (Å²) in [4.78, 5) is 4.05. The molecule has 2 aromatic heterocycles. The summed E-state index contributed by atoms with van der Waals surface area (Å²) in [7, 11) is 0. The van der Waals surface area contributed by atoms with Crippen molar-refractivity contribution in [1.82, 2.24) is 14.8 Å². The number of hydrogen-bond acceptors (Lipinski definition) is 3. The van der Waals surface area contributed by atoms with Gasteiger partial charge in [0.1, 0.15) is 10.9 Å². The Labute approximate surface area is 149 Å². The van der Waals surface area contributed by atoms with Crippen molar-refractivity contribution in [3.05, 3.63) is 52.9 Å². The predicted octanol–water partition coefficient (Wildman–Crippen LogP) is 5.04. The van der Waals surface area contributed by atoms with Crippen LogP contribution in [0.4, 0.5) is 8.78 Å².